The molecule has 0 saturated carbocycles. The van der Waals surface area contributed by atoms with Crippen molar-refractivity contribution in [2.24, 2.45) is 0 Å². The van der Waals surface area contributed by atoms with Crippen LogP contribution in [0.3, 0.4) is 0 Å². The van der Waals surface area contributed by atoms with Crippen molar-refractivity contribution in [2.45, 2.75) is 39.5 Å². The number of pyridine rings is 1. The van der Waals surface area contributed by atoms with Gasteiger partial charge in [-0.3, -0.25) is 9.59 Å². The lowest BCUT2D eigenvalue weighted by Crippen LogP contribution is -2.22. The van der Waals surface area contributed by atoms with Gasteiger partial charge in [-0.15, -0.1) is 11.3 Å². The number of amides is 2. The van der Waals surface area contributed by atoms with E-state index in [-0.39, 0.29) is 11.8 Å². The van der Waals surface area contributed by atoms with Gasteiger partial charge < -0.3 is 25.1 Å². The number of carbonyl (C=O) groups is 2. The van der Waals surface area contributed by atoms with Crippen LogP contribution in [0.2, 0.25) is 0 Å². The van der Waals surface area contributed by atoms with E-state index >= 15 is 0 Å². The number of benzene rings is 1. The summed E-state index contributed by atoms with van der Waals surface area (Å²) in [5.41, 5.74) is 3.15. The van der Waals surface area contributed by atoms with Gasteiger partial charge in [-0.05, 0) is 71.8 Å². The van der Waals surface area contributed by atoms with Crippen LogP contribution in [0.25, 0.3) is 21.1 Å². The molecule has 0 saturated heterocycles. The molecular weight excluding hydrogens is 476 g/mol. The normalized spacial score (nSPS) is 11.1. The summed E-state index contributed by atoms with van der Waals surface area (Å²) in [7, 11) is 0. The second-order valence-corrected chi connectivity index (χ2v) is 9.58. The average molecular weight is 509 g/mol. The van der Waals surface area contributed by atoms with Crippen molar-refractivity contribution in [1.82, 2.24) is 20.6 Å². The Balaban J connectivity index is 1.21. The predicted octanol–water partition coefficient (Wildman–Crippen LogP) is 4.37. The summed E-state index contributed by atoms with van der Waals surface area (Å²) in [5.74, 6) is 1.55. The molecule has 0 spiro atoms. The Labute approximate surface area is 214 Å². The molecule has 0 bridgehead atoms. The summed E-state index contributed by atoms with van der Waals surface area (Å²) in [6.45, 7) is 5.47. The highest BCUT2D eigenvalue weighted by molar-refractivity contribution is 7.17. The lowest BCUT2D eigenvalue weighted by Gasteiger charge is -2.09. The predicted molar refractivity (Wildman–Crippen MR) is 143 cm³/mol. The van der Waals surface area contributed by atoms with Crippen LogP contribution in [0, 0.1) is 0 Å². The van der Waals surface area contributed by atoms with E-state index in [9.17, 15) is 9.59 Å². The number of fused-ring (bicyclic) bond motifs is 2. The summed E-state index contributed by atoms with van der Waals surface area (Å²) in [5, 5.41) is 10.0. The van der Waals surface area contributed by atoms with Gasteiger partial charge in [0.05, 0.1) is 19.4 Å². The maximum atomic E-state index is 11.1. The smallest absolute Gasteiger partial charge is 0.216 e. The van der Waals surface area contributed by atoms with Crippen LogP contribution in [0.5, 0.6) is 11.5 Å². The lowest BCUT2D eigenvalue weighted by molar-refractivity contribution is -0.119. The number of aromatic nitrogens is 2. The van der Waals surface area contributed by atoms with Gasteiger partial charge in [0.2, 0.25) is 11.8 Å². The summed E-state index contributed by atoms with van der Waals surface area (Å²) >= 11 is 1.71. The number of aromatic amines is 1. The van der Waals surface area contributed by atoms with Crippen LogP contribution in [0.4, 0.5) is 0 Å². The van der Waals surface area contributed by atoms with Gasteiger partial charge in [0.15, 0.2) is 0 Å². The summed E-state index contributed by atoms with van der Waals surface area (Å²) in [6, 6.07) is 8.19. The van der Waals surface area contributed by atoms with Crippen molar-refractivity contribution in [2.75, 3.05) is 26.3 Å². The highest BCUT2D eigenvalue weighted by Gasteiger charge is 2.08. The molecule has 9 heteroatoms. The first-order valence-corrected chi connectivity index (χ1v) is 13.1. The Morgan fingerprint density at radius 2 is 1.58 bits per heavy atom. The molecule has 0 aliphatic heterocycles. The SMILES string of the molecule is CC(=O)NCCc1c[nH]c2ncc(OCCCCOc3ccc4scc(CCNC(C)=O)c4c3)cc12. The van der Waals surface area contributed by atoms with Gasteiger partial charge in [-0.25, -0.2) is 4.98 Å². The van der Waals surface area contributed by atoms with E-state index in [1.54, 1.807) is 17.5 Å². The van der Waals surface area contributed by atoms with Gasteiger partial charge >= 0.3 is 0 Å². The Hall–Kier alpha value is -3.59. The van der Waals surface area contributed by atoms with Crippen molar-refractivity contribution in [3.8, 4) is 11.5 Å². The molecule has 8 nitrogen and oxygen atoms in total. The summed E-state index contributed by atoms with van der Waals surface area (Å²) < 4.78 is 13.1. The molecule has 3 N–H and O–H groups in total. The number of rotatable bonds is 13. The number of thiophene rings is 1. The van der Waals surface area contributed by atoms with Crippen LogP contribution in [-0.4, -0.2) is 48.1 Å². The minimum atomic E-state index is -0.0311. The first kappa shape index (κ1) is 25.5. The minimum Gasteiger partial charge on any atom is -0.494 e. The Morgan fingerprint density at radius 1 is 0.917 bits per heavy atom. The fraction of sp³-hybridized carbons (Fsp3) is 0.370. The van der Waals surface area contributed by atoms with Crippen molar-refractivity contribution < 1.29 is 19.1 Å². The molecule has 0 aliphatic rings. The van der Waals surface area contributed by atoms with E-state index in [1.807, 2.05) is 18.3 Å². The largest absolute Gasteiger partial charge is 0.494 e. The minimum absolute atomic E-state index is 0.00716. The first-order chi connectivity index (χ1) is 17.5. The fourth-order valence-electron chi connectivity index (χ4n) is 4.00. The van der Waals surface area contributed by atoms with Crippen LogP contribution < -0.4 is 20.1 Å². The molecule has 36 heavy (non-hydrogen) atoms. The summed E-state index contributed by atoms with van der Waals surface area (Å²) in [6.07, 6.45) is 6.94. The number of nitrogens with one attached hydrogen (secondary N) is 3. The topological polar surface area (TPSA) is 105 Å². The van der Waals surface area contributed by atoms with Crippen molar-refractivity contribution in [1.29, 1.82) is 0 Å². The van der Waals surface area contributed by atoms with Gasteiger partial charge in [0.25, 0.3) is 0 Å². The second kappa shape index (κ2) is 12.4. The molecule has 190 valence electrons. The number of nitrogens with zero attached hydrogens (tertiary/aromatic N) is 1. The van der Waals surface area contributed by atoms with E-state index in [1.165, 1.54) is 29.5 Å². The zero-order valence-corrected chi connectivity index (χ0v) is 21.5. The van der Waals surface area contributed by atoms with Gasteiger partial charge in [-0.2, -0.15) is 0 Å². The highest BCUT2D eigenvalue weighted by atomic mass is 32.1. The molecule has 4 rings (SSSR count). The summed E-state index contributed by atoms with van der Waals surface area (Å²) in [4.78, 5) is 29.8. The number of H-pyrrole nitrogens is 1. The molecule has 2 amide bonds. The van der Waals surface area contributed by atoms with Gasteiger partial charge in [-0.1, -0.05) is 0 Å². The molecular formula is C27H32N4O4S. The van der Waals surface area contributed by atoms with Gasteiger partial charge in [0.1, 0.15) is 17.1 Å². The second-order valence-electron chi connectivity index (χ2n) is 8.67. The van der Waals surface area contributed by atoms with E-state index in [4.69, 9.17) is 9.47 Å². The van der Waals surface area contributed by atoms with E-state index in [0.717, 1.165) is 53.8 Å². The third-order valence-electron chi connectivity index (χ3n) is 5.83. The zero-order chi connectivity index (χ0) is 25.3. The number of carbonyl (C=O) groups excluding carboxylic acids is 2. The molecule has 3 heterocycles. The van der Waals surface area contributed by atoms with Gasteiger partial charge in [0, 0.05) is 43.2 Å². The molecule has 3 aromatic heterocycles. The molecule has 4 aromatic rings. The van der Waals surface area contributed by atoms with Crippen LogP contribution >= 0.6 is 11.3 Å². The third-order valence-corrected chi connectivity index (χ3v) is 6.84. The zero-order valence-electron chi connectivity index (χ0n) is 20.7. The monoisotopic (exact) mass is 508 g/mol. The number of ether oxygens (including phenoxy) is 2. The quantitative estimate of drug-likeness (QED) is 0.233. The molecule has 0 radical (unpaired) electrons. The first-order valence-electron chi connectivity index (χ1n) is 12.2. The molecule has 0 atom stereocenters. The van der Waals surface area contributed by atoms with Crippen LogP contribution in [0.1, 0.15) is 37.8 Å². The van der Waals surface area contributed by atoms with Crippen molar-refractivity contribution in [3.63, 3.8) is 0 Å². The number of unbranched alkanes of at least 4 members (excludes halogenated alkanes) is 1. The van der Waals surface area contributed by atoms with E-state index in [0.29, 0.717) is 26.3 Å². The number of hydrogen-bond donors (Lipinski definition) is 3. The van der Waals surface area contributed by atoms with Crippen LogP contribution in [0.15, 0.2) is 42.0 Å². The number of hydrogen-bond acceptors (Lipinski definition) is 6. The maximum Gasteiger partial charge on any atom is 0.216 e. The Bertz CT molecular complexity index is 1230. The third kappa shape index (κ3) is 6.97. The average Bonchev–Trinajstić information content (AvgIpc) is 3.44. The van der Waals surface area contributed by atoms with Crippen LogP contribution in [-0.2, 0) is 22.4 Å². The molecule has 0 unspecified atom stereocenters. The fourth-order valence-corrected chi connectivity index (χ4v) is 4.98. The molecule has 0 aliphatic carbocycles. The highest BCUT2D eigenvalue weighted by Crippen LogP contribution is 2.30. The molecule has 0 fully saturated rings. The van der Waals surface area contributed by atoms with E-state index < -0.39 is 0 Å². The lowest BCUT2D eigenvalue weighted by atomic mass is 10.1. The standard InChI is InChI=1S/C27H32N4O4S/c1-18(32)28-9-7-20-15-30-27-25(20)14-23(16-31-27)35-12-4-3-11-34-22-5-6-26-24(13-22)21(17-36-26)8-10-29-19(2)33/h5-6,13-17H,3-4,7-12H2,1-2H3,(H,28,32)(H,29,33)(H,30,31). The van der Waals surface area contributed by atoms with Crippen molar-refractivity contribution >= 4 is 44.3 Å². The Kier molecular flexibility index (Phi) is 8.78. The molecule has 1 aromatic carbocycles. The van der Waals surface area contributed by atoms with Crippen molar-refractivity contribution in [3.05, 3.63) is 53.2 Å². The Morgan fingerprint density at radius 3 is 2.31 bits per heavy atom. The maximum absolute atomic E-state index is 11.1. The van der Waals surface area contributed by atoms with E-state index in [2.05, 4.69) is 38.1 Å².